The second-order valence-electron chi connectivity index (χ2n) is 6.94. The highest BCUT2D eigenvalue weighted by Crippen LogP contribution is 2.25. The third-order valence-electron chi connectivity index (χ3n) is 5.17. The van der Waals surface area contributed by atoms with Gasteiger partial charge in [-0.1, -0.05) is 36.4 Å². The summed E-state index contributed by atoms with van der Waals surface area (Å²) in [6.07, 6.45) is 1.29. The van der Waals surface area contributed by atoms with E-state index >= 15 is 0 Å². The number of benzene rings is 2. The summed E-state index contributed by atoms with van der Waals surface area (Å²) in [4.78, 5) is 23.0. The van der Waals surface area contributed by atoms with Crippen molar-refractivity contribution in [2.75, 3.05) is 26.3 Å². The van der Waals surface area contributed by atoms with Crippen molar-refractivity contribution in [2.24, 2.45) is 0 Å². The largest absolute Gasteiger partial charge is 0.378 e. The van der Waals surface area contributed by atoms with Gasteiger partial charge in [0.25, 0.3) is 0 Å². The zero-order valence-corrected chi connectivity index (χ0v) is 15.6. The van der Waals surface area contributed by atoms with Crippen LogP contribution in [-0.2, 0) is 16.0 Å². The van der Waals surface area contributed by atoms with Crippen LogP contribution in [0.1, 0.15) is 29.3 Å². The molecule has 1 N–H and O–H groups in total. The maximum atomic E-state index is 13.2. The fourth-order valence-corrected chi connectivity index (χ4v) is 3.70. The summed E-state index contributed by atoms with van der Waals surface area (Å²) in [5.41, 5.74) is 3.12. The molecule has 0 aliphatic carbocycles. The summed E-state index contributed by atoms with van der Waals surface area (Å²) in [6.45, 7) is 2.46. The second kappa shape index (κ2) is 8.24. The minimum absolute atomic E-state index is 0.142. The predicted octanol–water partition coefficient (Wildman–Crippen LogP) is 3.01. The quantitative estimate of drug-likeness (QED) is 0.744. The van der Waals surface area contributed by atoms with E-state index < -0.39 is 0 Å². The van der Waals surface area contributed by atoms with E-state index in [1.165, 1.54) is 0 Å². The first kappa shape index (κ1) is 18.2. The van der Waals surface area contributed by atoms with Crippen molar-refractivity contribution in [3.8, 4) is 6.07 Å². The minimum atomic E-state index is -0.219. The van der Waals surface area contributed by atoms with E-state index in [1.54, 1.807) is 6.07 Å². The molecule has 6 heteroatoms. The van der Waals surface area contributed by atoms with Crippen LogP contribution in [0.5, 0.6) is 0 Å². The number of para-hydroxylation sites is 1. The Morgan fingerprint density at radius 2 is 1.96 bits per heavy atom. The molecule has 142 valence electrons. The van der Waals surface area contributed by atoms with Gasteiger partial charge in [-0.15, -0.1) is 0 Å². The Balaban J connectivity index is 1.56. The van der Waals surface area contributed by atoms with Gasteiger partial charge in [0.1, 0.15) is 17.4 Å². The number of aromatic amines is 1. The smallest absolute Gasteiger partial charge is 0.230 e. The molecule has 0 unspecified atom stereocenters. The molecule has 1 amide bonds. The molecule has 28 heavy (non-hydrogen) atoms. The summed E-state index contributed by atoms with van der Waals surface area (Å²) < 4.78 is 5.38. The average Bonchev–Trinajstić information content (AvgIpc) is 3.18. The maximum absolute atomic E-state index is 13.2. The molecule has 1 aromatic heterocycles. The zero-order chi connectivity index (χ0) is 19.3. The van der Waals surface area contributed by atoms with E-state index in [0.29, 0.717) is 50.2 Å². The molecule has 1 aliphatic heterocycles. The lowest BCUT2D eigenvalue weighted by Crippen LogP contribution is -2.43. The lowest BCUT2D eigenvalue weighted by Gasteiger charge is -2.30. The average molecular weight is 374 g/mol. The first-order chi connectivity index (χ1) is 13.8. The molecule has 1 saturated heterocycles. The number of hydrogen-bond donors (Lipinski definition) is 1. The van der Waals surface area contributed by atoms with Gasteiger partial charge in [-0.25, -0.2) is 4.98 Å². The lowest BCUT2D eigenvalue weighted by atomic mass is 9.92. The molecule has 2 heterocycles. The van der Waals surface area contributed by atoms with E-state index in [2.05, 4.69) is 16.0 Å². The second-order valence-corrected chi connectivity index (χ2v) is 6.94. The number of rotatable bonds is 5. The van der Waals surface area contributed by atoms with E-state index in [4.69, 9.17) is 4.74 Å². The predicted molar refractivity (Wildman–Crippen MR) is 106 cm³/mol. The fourth-order valence-electron chi connectivity index (χ4n) is 3.70. The van der Waals surface area contributed by atoms with Crippen LogP contribution in [0, 0.1) is 11.3 Å². The Labute approximate surface area is 163 Å². The number of H-pyrrole nitrogens is 1. The first-order valence-corrected chi connectivity index (χ1v) is 9.55. The molecule has 0 radical (unpaired) electrons. The van der Waals surface area contributed by atoms with Crippen LogP contribution in [0.25, 0.3) is 11.0 Å². The molecular weight excluding hydrogens is 352 g/mol. The third-order valence-corrected chi connectivity index (χ3v) is 5.17. The number of carbonyl (C=O) groups excluding carboxylic acids is 1. The highest BCUT2D eigenvalue weighted by atomic mass is 16.5. The number of imidazole rings is 1. The van der Waals surface area contributed by atoms with Crippen molar-refractivity contribution in [1.29, 1.82) is 5.26 Å². The number of aryl methyl sites for hydroxylation is 1. The van der Waals surface area contributed by atoms with Gasteiger partial charge in [-0.3, -0.25) is 4.79 Å². The summed E-state index contributed by atoms with van der Waals surface area (Å²) in [6, 6.07) is 17.6. The normalized spacial score (nSPS) is 15.3. The number of aromatic nitrogens is 2. The molecule has 4 rings (SSSR count). The van der Waals surface area contributed by atoms with E-state index in [9.17, 15) is 10.1 Å². The van der Waals surface area contributed by atoms with Gasteiger partial charge in [0.05, 0.1) is 30.2 Å². The monoisotopic (exact) mass is 374 g/mol. The number of morpholine rings is 1. The van der Waals surface area contributed by atoms with Gasteiger partial charge in [-0.05, 0) is 24.1 Å². The van der Waals surface area contributed by atoms with E-state index in [0.717, 1.165) is 16.9 Å². The van der Waals surface area contributed by atoms with Gasteiger partial charge < -0.3 is 14.6 Å². The van der Waals surface area contributed by atoms with Gasteiger partial charge in [0.15, 0.2) is 0 Å². The van der Waals surface area contributed by atoms with Gasteiger partial charge in [0, 0.05) is 19.5 Å². The van der Waals surface area contributed by atoms with Gasteiger partial charge in [0.2, 0.25) is 5.91 Å². The number of nitrogens with one attached hydrogen (secondary N) is 1. The van der Waals surface area contributed by atoms with Crippen molar-refractivity contribution in [1.82, 2.24) is 14.9 Å². The van der Waals surface area contributed by atoms with Crippen molar-refractivity contribution >= 4 is 16.9 Å². The van der Waals surface area contributed by atoms with E-state index in [1.807, 2.05) is 47.4 Å². The van der Waals surface area contributed by atoms with Gasteiger partial charge >= 0.3 is 0 Å². The number of hydrogen-bond acceptors (Lipinski definition) is 4. The number of fused-ring (bicyclic) bond motifs is 1. The van der Waals surface area contributed by atoms with Crippen molar-refractivity contribution in [3.05, 3.63) is 65.5 Å². The number of nitrogens with zero attached hydrogens (tertiary/aromatic N) is 3. The van der Waals surface area contributed by atoms with Crippen molar-refractivity contribution < 1.29 is 9.53 Å². The Morgan fingerprint density at radius 1 is 1.18 bits per heavy atom. The molecule has 6 nitrogen and oxygen atoms in total. The third kappa shape index (κ3) is 3.75. The zero-order valence-electron chi connectivity index (χ0n) is 15.6. The Morgan fingerprint density at radius 3 is 2.71 bits per heavy atom. The molecule has 0 saturated carbocycles. The number of carbonyl (C=O) groups is 1. The Bertz CT molecular complexity index is 1000. The van der Waals surface area contributed by atoms with Crippen molar-refractivity contribution in [3.63, 3.8) is 0 Å². The summed E-state index contributed by atoms with van der Waals surface area (Å²) in [5.74, 6) is 0.722. The van der Waals surface area contributed by atoms with Crippen LogP contribution in [-0.4, -0.2) is 47.1 Å². The van der Waals surface area contributed by atoms with Crippen LogP contribution < -0.4 is 0 Å². The standard InChI is InChI=1S/C22H22N4O2/c23-15-17-7-4-8-19-21(17)25-20(24-19)10-9-18(16-5-2-1-3-6-16)22(27)26-11-13-28-14-12-26/h1-8,18H,9-14H2,(H,24,25)/t18-/m0/s1. The highest BCUT2D eigenvalue weighted by molar-refractivity contribution is 5.84. The maximum Gasteiger partial charge on any atom is 0.230 e. The molecule has 0 spiro atoms. The van der Waals surface area contributed by atoms with Crippen LogP contribution in [0.4, 0.5) is 0 Å². The Kier molecular flexibility index (Phi) is 5.36. The molecular formula is C22H22N4O2. The number of ether oxygens (including phenoxy) is 1. The first-order valence-electron chi connectivity index (χ1n) is 9.55. The van der Waals surface area contributed by atoms with E-state index in [-0.39, 0.29) is 11.8 Å². The Hall–Kier alpha value is -3.17. The molecule has 3 aromatic rings. The number of amides is 1. The van der Waals surface area contributed by atoms with Crippen LogP contribution >= 0.6 is 0 Å². The highest BCUT2D eigenvalue weighted by Gasteiger charge is 2.27. The molecule has 2 aromatic carbocycles. The van der Waals surface area contributed by atoms with Crippen LogP contribution in [0.2, 0.25) is 0 Å². The summed E-state index contributed by atoms with van der Waals surface area (Å²) >= 11 is 0. The minimum Gasteiger partial charge on any atom is -0.378 e. The molecule has 1 fully saturated rings. The summed E-state index contributed by atoms with van der Waals surface area (Å²) in [7, 11) is 0. The number of nitriles is 1. The SMILES string of the molecule is N#Cc1cccc2[nH]c(CC[C@H](C(=O)N3CCOCC3)c3ccccc3)nc12. The molecule has 0 bridgehead atoms. The topological polar surface area (TPSA) is 82.0 Å². The summed E-state index contributed by atoms with van der Waals surface area (Å²) in [5, 5.41) is 9.26. The molecule has 1 atom stereocenters. The van der Waals surface area contributed by atoms with Crippen LogP contribution in [0.15, 0.2) is 48.5 Å². The van der Waals surface area contributed by atoms with Gasteiger partial charge in [-0.2, -0.15) is 5.26 Å². The molecule has 1 aliphatic rings. The van der Waals surface area contributed by atoms with Crippen LogP contribution in [0.3, 0.4) is 0 Å². The fraction of sp³-hybridized carbons (Fsp3) is 0.318. The lowest BCUT2D eigenvalue weighted by molar-refractivity contribution is -0.137. The van der Waals surface area contributed by atoms with Crippen molar-refractivity contribution in [2.45, 2.75) is 18.8 Å².